The molecule has 0 spiro atoms. The molecule has 2 aliphatic rings. The summed E-state index contributed by atoms with van der Waals surface area (Å²) in [5.74, 6) is 0.680. The van der Waals surface area contributed by atoms with Crippen molar-refractivity contribution in [1.82, 2.24) is 0 Å². The summed E-state index contributed by atoms with van der Waals surface area (Å²) in [4.78, 5) is 0. The molecule has 0 aromatic heterocycles. The van der Waals surface area contributed by atoms with Crippen LogP contribution in [0.1, 0.15) is 25.8 Å². The van der Waals surface area contributed by atoms with Gasteiger partial charge >= 0.3 is 0 Å². The molecule has 3 rings (SSSR count). The number of ether oxygens (including phenoxy) is 1. The first kappa shape index (κ1) is 12.5. The van der Waals surface area contributed by atoms with Crippen molar-refractivity contribution < 1.29 is 4.74 Å². The molecule has 1 N–H and O–H groups in total. The van der Waals surface area contributed by atoms with E-state index in [0.29, 0.717) is 18.1 Å². The molecule has 1 aliphatic heterocycles. The fourth-order valence-electron chi connectivity index (χ4n) is 3.62. The molecule has 1 aromatic carbocycles. The van der Waals surface area contributed by atoms with E-state index in [0.717, 1.165) is 11.1 Å². The zero-order chi connectivity index (χ0) is 12.9. The number of hydrogen-bond acceptors (Lipinski definition) is 2. The molecule has 98 valence electrons. The van der Waals surface area contributed by atoms with Gasteiger partial charge < -0.3 is 10.1 Å². The van der Waals surface area contributed by atoms with Crippen LogP contribution in [-0.2, 0) is 4.74 Å². The van der Waals surface area contributed by atoms with Crippen molar-refractivity contribution >= 4 is 21.6 Å². The van der Waals surface area contributed by atoms with E-state index in [1.54, 1.807) is 0 Å². The molecule has 1 saturated carbocycles. The number of benzene rings is 1. The Morgan fingerprint density at radius 3 is 2.83 bits per heavy atom. The standard InChI is InChI=1S/C15H20BrNO/c1-9-6-10(16)8-11(7-9)17-13-12-4-5-18-14(12)15(13,2)3/h6-8,12-14,17H,4-5H2,1-3H3. The zero-order valence-electron chi connectivity index (χ0n) is 11.2. The Bertz CT molecular complexity index is 451. The molecule has 2 nitrogen and oxygen atoms in total. The Morgan fingerprint density at radius 2 is 2.11 bits per heavy atom. The van der Waals surface area contributed by atoms with Gasteiger partial charge in [-0.15, -0.1) is 0 Å². The normalized spacial score (nSPS) is 32.8. The lowest BCUT2D eigenvalue weighted by molar-refractivity contribution is -0.0923. The first-order valence-corrected chi connectivity index (χ1v) is 7.43. The molecule has 1 heterocycles. The molecule has 3 heteroatoms. The zero-order valence-corrected chi connectivity index (χ0v) is 12.8. The van der Waals surface area contributed by atoms with Crippen LogP contribution in [0.3, 0.4) is 0 Å². The van der Waals surface area contributed by atoms with Gasteiger partial charge in [-0.1, -0.05) is 29.8 Å². The van der Waals surface area contributed by atoms with Crippen LogP contribution >= 0.6 is 15.9 Å². The van der Waals surface area contributed by atoms with E-state index in [2.05, 4.69) is 60.2 Å². The molecule has 0 radical (unpaired) electrons. The third-order valence-corrected chi connectivity index (χ3v) is 4.92. The molecule has 18 heavy (non-hydrogen) atoms. The summed E-state index contributed by atoms with van der Waals surface area (Å²) in [6.07, 6.45) is 1.64. The highest BCUT2D eigenvalue weighted by atomic mass is 79.9. The molecule has 1 saturated heterocycles. The van der Waals surface area contributed by atoms with Gasteiger partial charge in [-0.05, 0) is 37.1 Å². The topological polar surface area (TPSA) is 21.3 Å². The van der Waals surface area contributed by atoms with Crippen LogP contribution in [0.25, 0.3) is 0 Å². The number of anilines is 1. The predicted molar refractivity (Wildman–Crippen MR) is 77.9 cm³/mol. The number of aryl methyl sites for hydroxylation is 1. The van der Waals surface area contributed by atoms with Gasteiger partial charge in [-0.25, -0.2) is 0 Å². The van der Waals surface area contributed by atoms with Gasteiger partial charge in [0.05, 0.1) is 6.10 Å². The molecule has 3 atom stereocenters. The van der Waals surface area contributed by atoms with E-state index in [-0.39, 0.29) is 5.41 Å². The predicted octanol–water partition coefficient (Wildman–Crippen LogP) is 3.98. The smallest absolute Gasteiger partial charge is 0.0694 e. The Morgan fingerprint density at radius 1 is 1.33 bits per heavy atom. The van der Waals surface area contributed by atoms with Crippen molar-refractivity contribution in [3.05, 3.63) is 28.2 Å². The highest BCUT2D eigenvalue weighted by molar-refractivity contribution is 9.10. The maximum atomic E-state index is 5.83. The average Bonchev–Trinajstić information content (AvgIpc) is 2.71. The molecular weight excluding hydrogens is 290 g/mol. The van der Waals surface area contributed by atoms with Crippen LogP contribution in [0.5, 0.6) is 0 Å². The minimum absolute atomic E-state index is 0.234. The number of nitrogens with one attached hydrogen (secondary N) is 1. The molecule has 0 amide bonds. The molecule has 0 bridgehead atoms. The first-order chi connectivity index (χ1) is 8.48. The minimum atomic E-state index is 0.234. The molecule has 1 aliphatic carbocycles. The van der Waals surface area contributed by atoms with E-state index in [1.165, 1.54) is 17.7 Å². The lowest BCUT2D eigenvalue weighted by atomic mass is 9.57. The Hall–Kier alpha value is -0.540. The van der Waals surface area contributed by atoms with Crippen molar-refractivity contribution in [2.45, 2.75) is 39.3 Å². The second-order valence-corrected chi connectivity index (χ2v) is 7.12. The van der Waals surface area contributed by atoms with Crippen molar-refractivity contribution in [2.24, 2.45) is 11.3 Å². The monoisotopic (exact) mass is 309 g/mol. The van der Waals surface area contributed by atoms with Crippen LogP contribution in [0.4, 0.5) is 5.69 Å². The quantitative estimate of drug-likeness (QED) is 0.892. The fraction of sp³-hybridized carbons (Fsp3) is 0.600. The molecule has 3 unspecified atom stereocenters. The van der Waals surface area contributed by atoms with E-state index in [4.69, 9.17) is 4.74 Å². The second-order valence-electron chi connectivity index (χ2n) is 6.20. The first-order valence-electron chi connectivity index (χ1n) is 6.64. The maximum Gasteiger partial charge on any atom is 0.0694 e. The van der Waals surface area contributed by atoms with E-state index < -0.39 is 0 Å². The van der Waals surface area contributed by atoms with Crippen molar-refractivity contribution in [1.29, 1.82) is 0 Å². The maximum absolute atomic E-state index is 5.83. The molecule has 2 fully saturated rings. The van der Waals surface area contributed by atoms with Crippen molar-refractivity contribution in [2.75, 3.05) is 11.9 Å². The van der Waals surface area contributed by atoms with Gasteiger partial charge in [0.2, 0.25) is 0 Å². The van der Waals surface area contributed by atoms with Crippen LogP contribution in [0.2, 0.25) is 0 Å². The van der Waals surface area contributed by atoms with Gasteiger partial charge in [0.15, 0.2) is 0 Å². The summed E-state index contributed by atoms with van der Waals surface area (Å²) in [5.41, 5.74) is 2.73. The average molecular weight is 310 g/mol. The van der Waals surface area contributed by atoms with Gasteiger partial charge in [0.25, 0.3) is 0 Å². The fourth-order valence-corrected chi connectivity index (χ4v) is 4.22. The third-order valence-electron chi connectivity index (χ3n) is 4.46. The van der Waals surface area contributed by atoms with Crippen molar-refractivity contribution in [3.8, 4) is 0 Å². The molecular formula is C15H20BrNO. The number of rotatable bonds is 2. The van der Waals surface area contributed by atoms with Crippen molar-refractivity contribution in [3.63, 3.8) is 0 Å². The third kappa shape index (κ3) is 1.88. The van der Waals surface area contributed by atoms with Crippen LogP contribution in [0.15, 0.2) is 22.7 Å². The number of fused-ring (bicyclic) bond motifs is 1. The Kier molecular flexibility index (Phi) is 2.94. The van der Waals surface area contributed by atoms with E-state index >= 15 is 0 Å². The lowest BCUT2D eigenvalue weighted by Gasteiger charge is -2.55. The lowest BCUT2D eigenvalue weighted by Crippen LogP contribution is -2.63. The number of hydrogen-bond donors (Lipinski definition) is 1. The van der Waals surface area contributed by atoms with Gasteiger partial charge in [-0.2, -0.15) is 0 Å². The minimum Gasteiger partial charge on any atom is -0.381 e. The highest BCUT2D eigenvalue weighted by Gasteiger charge is 2.59. The Labute approximate surface area is 117 Å². The summed E-state index contributed by atoms with van der Waals surface area (Å²) >= 11 is 3.56. The largest absolute Gasteiger partial charge is 0.381 e. The highest BCUT2D eigenvalue weighted by Crippen LogP contribution is 2.53. The van der Waals surface area contributed by atoms with Crippen LogP contribution in [-0.4, -0.2) is 18.8 Å². The van der Waals surface area contributed by atoms with E-state index in [1.807, 2.05) is 0 Å². The van der Waals surface area contributed by atoms with E-state index in [9.17, 15) is 0 Å². The summed E-state index contributed by atoms with van der Waals surface area (Å²) in [5, 5.41) is 3.71. The summed E-state index contributed by atoms with van der Waals surface area (Å²) in [6, 6.07) is 7.04. The number of halogens is 1. The SMILES string of the molecule is Cc1cc(Br)cc(NC2C3CCOC3C2(C)C)c1. The summed E-state index contributed by atoms with van der Waals surface area (Å²) in [6.45, 7) is 7.67. The van der Waals surface area contributed by atoms with Gasteiger partial charge in [-0.3, -0.25) is 0 Å². The second kappa shape index (κ2) is 4.24. The van der Waals surface area contributed by atoms with Gasteiger partial charge in [0.1, 0.15) is 0 Å². The van der Waals surface area contributed by atoms with Crippen LogP contribution in [0, 0.1) is 18.3 Å². The summed E-state index contributed by atoms with van der Waals surface area (Å²) in [7, 11) is 0. The molecule has 1 aromatic rings. The Balaban J connectivity index is 1.80. The summed E-state index contributed by atoms with van der Waals surface area (Å²) < 4.78 is 6.97. The van der Waals surface area contributed by atoms with Gasteiger partial charge in [0, 0.05) is 34.1 Å². The van der Waals surface area contributed by atoms with Crippen LogP contribution < -0.4 is 5.32 Å².